The van der Waals surface area contributed by atoms with Crippen molar-refractivity contribution in [3.8, 4) is 5.75 Å². The molecule has 90 valence electrons. The molecule has 4 heteroatoms. The van der Waals surface area contributed by atoms with Gasteiger partial charge in [-0.15, -0.1) is 11.3 Å². The van der Waals surface area contributed by atoms with E-state index in [4.69, 9.17) is 4.74 Å². The maximum Gasteiger partial charge on any atom is 0.133 e. The highest BCUT2D eigenvalue weighted by Gasteiger charge is 2.15. The van der Waals surface area contributed by atoms with E-state index in [0.717, 1.165) is 26.2 Å². The van der Waals surface area contributed by atoms with Gasteiger partial charge in [0.1, 0.15) is 11.9 Å². The molecule has 1 aromatic carbocycles. The zero-order valence-electron chi connectivity index (χ0n) is 9.61. The van der Waals surface area contributed by atoms with Gasteiger partial charge < -0.3 is 9.84 Å². The fourth-order valence-corrected chi connectivity index (χ4v) is 3.00. The second-order valence-corrected chi connectivity index (χ2v) is 5.70. The van der Waals surface area contributed by atoms with Gasteiger partial charge in [0.15, 0.2) is 0 Å². The number of benzene rings is 1. The molecule has 1 N–H and O–H groups in total. The average Bonchev–Trinajstić information content (AvgIpc) is 2.74. The Balaban J connectivity index is 2.35. The van der Waals surface area contributed by atoms with E-state index in [9.17, 15) is 5.11 Å². The van der Waals surface area contributed by atoms with Crippen LogP contribution in [0.3, 0.4) is 0 Å². The first-order valence-corrected chi connectivity index (χ1v) is 6.86. The molecule has 1 heterocycles. The Morgan fingerprint density at radius 3 is 2.65 bits per heavy atom. The molecule has 0 aliphatic rings. The van der Waals surface area contributed by atoms with Crippen LogP contribution >= 0.6 is 27.3 Å². The second-order valence-electron chi connectivity index (χ2n) is 3.73. The maximum absolute atomic E-state index is 10.3. The Morgan fingerprint density at radius 1 is 1.35 bits per heavy atom. The first-order chi connectivity index (χ1) is 8.13. The van der Waals surface area contributed by atoms with Crippen molar-refractivity contribution in [1.29, 1.82) is 0 Å². The van der Waals surface area contributed by atoms with Crippen LogP contribution in [-0.2, 0) is 0 Å². The summed E-state index contributed by atoms with van der Waals surface area (Å²) in [5, 5.41) is 12.3. The molecule has 0 bridgehead atoms. The van der Waals surface area contributed by atoms with Crippen LogP contribution in [0.4, 0.5) is 0 Å². The van der Waals surface area contributed by atoms with Gasteiger partial charge >= 0.3 is 0 Å². The lowest BCUT2D eigenvalue weighted by Gasteiger charge is -2.12. The van der Waals surface area contributed by atoms with Gasteiger partial charge in [-0.1, -0.05) is 6.07 Å². The van der Waals surface area contributed by atoms with Crippen molar-refractivity contribution in [3.05, 3.63) is 50.1 Å². The lowest BCUT2D eigenvalue weighted by molar-refractivity contribution is 0.220. The summed E-state index contributed by atoms with van der Waals surface area (Å²) in [6.07, 6.45) is -0.580. The zero-order valence-corrected chi connectivity index (χ0v) is 12.0. The van der Waals surface area contributed by atoms with Crippen LogP contribution in [0.15, 0.2) is 34.1 Å². The lowest BCUT2D eigenvalue weighted by atomic mass is 10.0. The summed E-state index contributed by atoms with van der Waals surface area (Å²) in [7, 11) is 1.62. The fraction of sp³-hybridized carbons (Fsp3) is 0.231. The van der Waals surface area contributed by atoms with Gasteiger partial charge in [-0.2, -0.15) is 0 Å². The molecular weight excluding hydrogens is 300 g/mol. The average molecular weight is 313 g/mol. The molecule has 0 aliphatic heterocycles. The summed E-state index contributed by atoms with van der Waals surface area (Å²) >= 11 is 5.07. The summed E-state index contributed by atoms with van der Waals surface area (Å²) in [5.41, 5.74) is 1.83. The van der Waals surface area contributed by atoms with Crippen molar-refractivity contribution < 1.29 is 9.84 Å². The number of aliphatic hydroxyl groups excluding tert-OH is 1. The van der Waals surface area contributed by atoms with Crippen LogP contribution in [0.1, 0.15) is 22.1 Å². The molecule has 2 nitrogen and oxygen atoms in total. The van der Waals surface area contributed by atoms with E-state index >= 15 is 0 Å². The lowest BCUT2D eigenvalue weighted by Crippen LogP contribution is -2.00. The van der Waals surface area contributed by atoms with E-state index in [1.54, 1.807) is 18.4 Å². The van der Waals surface area contributed by atoms with Gasteiger partial charge in [-0.3, -0.25) is 0 Å². The number of hydrogen-bond donors (Lipinski definition) is 1. The standard InChI is InChI=1S/C13H13BrO2S/c1-8-10(5-6-17-8)13(15)9-3-4-12(16-2)11(14)7-9/h3-7,13,15H,1-2H3. The smallest absolute Gasteiger partial charge is 0.133 e. The molecule has 2 rings (SSSR count). The van der Waals surface area contributed by atoms with E-state index in [2.05, 4.69) is 15.9 Å². The second kappa shape index (κ2) is 5.21. The van der Waals surface area contributed by atoms with Gasteiger partial charge in [0, 0.05) is 4.88 Å². The number of hydrogen-bond acceptors (Lipinski definition) is 3. The van der Waals surface area contributed by atoms with Crippen molar-refractivity contribution in [2.75, 3.05) is 7.11 Å². The minimum absolute atomic E-state index is 0.580. The number of aryl methyl sites for hydroxylation is 1. The summed E-state index contributed by atoms with van der Waals surface area (Å²) in [5.74, 6) is 0.767. The predicted molar refractivity (Wildman–Crippen MR) is 73.8 cm³/mol. The highest BCUT2D eigenvalue weighted by atomic mass is 79.9. The molecule has 1 unspecified atom stereocenters. The maximum atomic E-state index is 10.3. The molecule has 2 aromatic rings. The molecule has 0 spiro atoms. The molecule has 1 atom stereocenters. The van der Waals surface area contributed by atoms with Crippen LogP contribution in [0.25, 0.3) is 0 Å². The quantitative estimate of drug-likeness (QED) is 0.931. The molecule has 17 heavy (non-hydrogen) atoms. The molecule has 0 aliphatic carbocycles. The molecule has 0 fully saturated rings. The predicted octanol–water partition coefficient (Wildman–Crippen LogP) is 3.91. The number of aliphatic hydroxyl groups is 1. The Labute approximate surface area is 113 Å². The first kappa shape index (κ1) is 12.6. The summed E-state index contributed by atoms with van der Waals surface area (Å²) in [6, 6.07) is 7.58. The highest BCUT2D eigenvalue weighted by molar-refractivity contribution is 9.10. The summed E-state index contributed by atoms with van der Waals surface area (Å²) in [6.45, 7) is 2.02. The van der Waals surface area contributed by atoms with E-state index < -0.39 is 6.10 Å². The summed E-state index contributed by atoms with van der Waals surface area (Å²) in [4.78, 5) is 1.14. The monoisotopic (exact) mass is 312 g/mol. The molecular formula is C13H13BrO2S. The number of ether oxygens (including phenoxy) is 1. The van der Waals surface area contributed by atoms with Gasteiger partial charge in [-0.25, -0.2) is 0 Å². The number of halogens is 1. The Hall–Kier alpha value is -0.840. The van der Waals surface area contributed by atoms with E-state index in [-0.39, 0.29) is 0 Å². The van der Waals surface area contributed by atoms with Crippen LogP contribution < -0.4 is 4.74 Å². The molecule has 0 saturated heterocycles. The van der Waals surface area contributed by atoms with Crippen molar-refractivity contribution in [2.24, 2.45) is 0 Å². The normalized spacial score (nSPS) is 12.5. The Bertz CT molecular complexity index is 522. The minimum Gasteiger partial charge on any atom is -0.496 e. The largest absolute Gasteiger partial charge is 0.496 e. The molecule has 1 aromatic heterocycles. The third-order valence-corrected chi connectivity index (χ3v) is 4.17. The molecule has 0 saturated carbocycles. The molecule has 0 amide bonds. The van der Waals surface area contributed by atoms with Crippen LogP contribution in [-0.4, -0.2) is 12.2 Å². The van der Waals surface area contributed by atoms with Crippen molar-refractivity contribution in [1.82, 2.24) is 0 Å². The van der Waals surface area contributed by atoms with E-state index in [0.29, 0.717) is 0 Å². The number of thiophene rings is 1. The molecule has 0 radical (unpaired) electrons. The first-order valence-electron chi connectivity index (χ1n) is 5.19. The zero-order chi connectivity index (χ0) is 12.4. The van der Waals surface area contributed by atoms with Crippen molar-refractivity contribution >= 4 is 27.3 Å². The van der Waals surface area contributed by atoms with Crippen molar-refractivity contribution in [3.63, 3.8) is 0 Å². The third kappa shape index (κ3) is 2.54. The fourth-order valence-electron chi connectivity index (χ4n) is 1.71. The Morgan fingerprint density at radius 2 is 2.12 bits per heavy atom. The van der Waals surface area contributed by atoms with Gasteiger partial charge in [-0.05, 0) is 57.6 Å². The van der Waals surface area contributed by atoms with Gasteiger partial charge in [0.25, 0.3) is 0 Å². The highest BCUT2D eigenvalue weighted by Crippen LogP contribution is 2.32. The van der Waals surface area contributed by atoms with E-state index in [1.165, 1.54) is 0 Å². The van der Waals surface area contributed by atoms with Crippen LogP contribution in [0, 0.1) is 6.92 Å². The summed E-state index contributed by atoms with van der Waals surface area (Å²) < 4.78 is 6.02. The topological polar surface area (TPSA) is 29.5 Å². The van der Waals surface area contributed by atoms with Gasteiger partial charge in [0.05, 0.1) is 11.6 Å². The SMILES string of the molecule is COc1ccc(C(O)c2ccsc2C)cc1Br. The van der Waals surface area contributed by atoms with Crippen LogP contribution in [0.2, 0.25) is 0 Å². The van der Waals surface area contributed by atoms with Crippen LogP contribution in [0.5, 0.6) is 5.75 Å². The van der Waals surface area contributed by atoms with E-state index in [1.807, 2.05) is 36.6 Å². The third-order valence-electron chi connectivity index (χ3n) is 2.69. The van der Waals surface area contributed by atoms with Crippen molar-refractivity contribution in [2.45, 2.75) is 13.0 Å². The number of rotatable bonds is 3. The van der Waals surface area contributed by atoms with Gasteiger partial charge in [0.2, 0.25) is 0 Å². The Kier molecular flexibility index (Phi) is 3.86. The minimum atomic E-state index is -0.580. The number of methoxy groups -OCH3 is 1.